The maximum absolute atomic E-state index is 10.2. The largest absolute Gasteiger partial charge is 0.493 e. The predicted molar refractivity (Wildman–Crippen MR) is 183 cm³/mol. The van der Waals surface area contributed by atoms with Crippen molar-refractivity contribution >= 4 is 34.7 Å². The molecule has 0 aliphatic carbocycles. The number of aryl methyl sites for hydroxylation is 2. The second kappa shape index (κ2) is 15.1. The fourth-order valence-electron chi connectivity index (χ4n) is 4.56. The Balaban J connectivity index is 1.36. The van der Waals surface area contributed by atoms with Gasteiger partial charge in [0.1, 0.15) is 23.3 Å². The number of aromatic nitrogens is 4. The normalized spacial score (nSPS) is 10.9. The number of rotatable bonds is 14. The topological polar surface area (TPSA) is 97.9 Å². The molecular formula is C35H32N6O2S2. The lowest BCUT2D eigenvalue weighted by Crippen LogP contribution is -2.03. The first-order valence-electron chi connectivity index (χ1n) is 14.2. The van der Waals surface area contributed by atoms with Gasteiger partial charge in [-0.3, -0.25) is 0 Å². The highest BCUT2D eigenvalue weighted by Crippen LogP contribution is 2.46. The van der Waals surface area contributed by atoms with E-state index < -0.39 is 0 Å². The van der Waals surface area contributed by atoms with Gasteiger partial charge in [0.15, 0.2) is 0 Å². The number of nitriles is 1. The average molecular weight is 633 g/mol. The molecule has 3 heterocycles. The van der Waals surface area contributed by atoms with Gasteiger partial charge in [0, 0.05) is 36.3 Å². The summed E-state index contributed by atoms with van der Waals surface area (Å²) in [6.45, 7) is 11.0. The smallest absolute Gasteiger partial charge is 0.227 e. The van der Waals surface area contributed by atoms with Crippen molar-refractivity contribution in [3.8, 4) is 39.3 Å². The van der Waals surface area contributed by atoms with E-state index in [9.17, 15) is 5.26 Å². The summed E-state index contributed by atoms with van der Waals surface area (Å²) in [7, 11) is 0. The average Bonchev–Trinajstić information content (AvgIpc) is 3.65. The van der Waals surface area contributed by atoms with Crippen molar-refractivity contribution in [1.29, 1.82) is 5.26 Å². The Morgan fingerprint density at radius 3 is 2.78 bits per heavy atom. The van der Waals surface area contributed by atoms with E-state index in [0.717, 1.165) is 50.3 Å². The Kier molecular flexibility index (Phi) is 10.5. The van der Waals surface area contributed by atoms with Crippen LogP contribution in [0.4, 0.5) is 11.6 Å². The van der Waals surface area contributed by atoms with Crippen molar-refractivity contribution in [3.05, 3.63) is 122 Å². The van der Waals surface area contributed by atoms with Crippen LogP contribution in [0.2, 0.25) is 0 Å². The van der Waals surface area contributed by atoms with E-state index in [1.165, 1.54) is 23.1 Å². The summed E-state index contributed by atoms with van der Waals surface area (Å²) >= 11 is 3.07. The minimum absolute atomic E-state index is 0.436. The van der Waals surface area contributed by atoms with Crippen molar-refractivity contribution in [3.63, 3.8) is 0 Å². The van der Waals surface area contributed by atoms with Crippen LogP contribution in [0.3, 0.4) is 0 Å². The highest BCUT2D eigenvalue weighted by molar-refractivity contribution is 8.00. The minimum Gasteiger partial charge on any atom is -0.493 e. The van der Waals surface area contributed by atoms with E-state index in [1.807, 2.05) is 80.3 Å². The zero-order valence-corrected chi connectivity index (χ0v) is 26.7. The summed E-state index contributed by atoms with van der Waals surface area (Å²) in [6.07, 6.45) is 13.6. The van der Waals surface area contributed by atoms with Crippen molar-refractivity contribution in [2.24, 2.45) is 0 Å². The lowest BCUT2D eigenvalue weighted by molar-refractivity contribution is 0.302. The summed E-state index contributed by atoms with van der Waals surface area (Å²) in [5.41, 5.74) is 4.76. The molecule has 0 saturated heterocycles. The van der Waals surface area contributed by atoms with Crippen LogP contribution in [0.25, 0.3) is 21.7 Å². The van der Waals surface area contributed by atoms with Crippen LogP contribution in [-0.2, 0) is 6.54 Å². The SMILES string of the molecule is C=C/C=C\C(=C)Oc1cccc(-c2c(-c3ccnc(Nc4cccc(OCCCn5cnc(C)c5)c4)n3)sc(SC)c2C#N)c1. The number of benzene rings is 2. The van der Waals surface area contributed by atoms with E-state index in [4.69, 9.17) is 14.5 Å². The number of thiophene rings is 1. The highest BCUT2D eigenvalue weighted by Gasteiger charge is 2.22. The third-order valence-corrected chi connectivity index (χ3v) is 8.86. The zero-order chi connectivity index (χ0) is 31.6. The number of imidazole rings is 1. The van der Waals surface area contributed by atoms with Gasteiger partial charge in [-0.25, -0.2) is 15.0 Å². The first-order valence-corrected chi connectivity index (χ1v) is 16.2. The van der Waals surface area contributed by atoms with E-state index in [0.29, 0.717) is 35.3 Å². The van der Waals surface area contributed by atoms with Gasteiger partial charge in [-0.2, -0.15) is 5.26 Å². The van der Waals surface area contributed by atoms with Crippen LogP contribution in [0.1, 0.15) is 17.7 Å². The van der Waals surface area contributed by atoms with Gasteiger partial charge in [0.25, 0.3) is 0 Å². The molecule has 3 aromatic heterocycles. The number of nitrogens with zero attached hydrogens (tertiary/aromatic N) is 5. The van der Waals surface area contributed by atoms with Crippen LogP contribution in [0, 0.1) is 18.3 Å². The second-order valence-electron chi connectivity index (χ2n) is 9.85. The third-order valence-electron chi connectivity index (χ3n) is 6.53. The fraction of sp³-hybridized carbons (Fsp3) is 0.143. The van der Waals surface area contributed by atoms with Crippen LogP contribution in [0.5, 0.6) is 11.5 Å². The summed E-state index contributed by atoms with van der Waals surface area (Å²) in [4.78, 5) is 14.4. The van der Waals surface area contributed by atoms with Crippen molar-refractivity contribution in [2.45, 2.75) is 24.1 Å². The van der Waals surface area contributed by atoms with Gasteiger partial charge in [-0.1, -0.05) is 43.5 Å². The predicted octanol–water partition coefficient (Wildman–Crippen LogP) is 8.82. The van der Waals surface area contributed by atoms with Crippen molar-refractivity contribution in [1.82, 2.24) is 19.5 Å². The highest BCUT2D eigenvalue weighted by atomic mass is 32.2. The lowest BCUT2D eigenvalue weighted by atomic mass is 10.0. The first-order chi connectivity index (χ1) is 22.0. The molecule has 0 aliphatic heterocycles. The van der Waals surface area contributed by atoms with Gasteiger partial charge in [0.05, 0.1) is 39.0 Å². The van der Waals surface area contributed by atoms with Gasteiger partial charge >= 0.3 is 0 Å². The molecule has 0 radical (unpaired) electrons. The number of hydrogen-bond acceptors (Lipinski definition) is 9. The van der Waals surface area contributed by atoms with Gasteiger partial charge in [-0.15, -0.1) is 23.1 Å². The molecule has 10 heteroatoms. The molecule has 0 spiro atoms. The van der Waals surface area contributed by atoms with E-state index in [-0.39, 0.29) is 0 Å². The molecule has 8 nitrogen and oxygen atoms in total. The fourth-order valence-corrected chi connectivity index (χ4v) is 6.47. The Bertz CT molecular complexity index is 1890. The lowest BCUT2D eigenvalue weighted by Gasteiger charge is -2.11. The van der Waals surface area contributed by atoms with Crippen LogP contribution in [-0.4, -0.2) is 32.4 Å². The molecule has 0 aliphatic rings. The molecule has 0 bridgehead atoms. The second-order valence-corrected chi connectivity index (χ2v) is 11.9. The molecule has 226 valence electrons. The number of anilines is 2. The van der Waals surface area contributed by atoms with E-state index >= 15 is 0 Å². The summed E-state index contributed by atoms with van der Waals surface area (Å²) in [6, 6.07) is 19.6. The van der Waals surface area contributed by atoms with E-state index in [2.05, 4.69) is 39.1 Å². The van der Waals surface area contributed by atoms with E-state index in [1.54, 1.807) is 24.4 Å². The monoisotopic (exact) mass is 632 g/mol. The molecule has 5 rings (SSSR count). The maximum atomic E-state index is 10.2. The first kappa shape index (κ1) is 31.3. The molecule has 0 amide bonds. The van der Waals surface area contributed by atoms with Gasteiger partial charge < -0.3 is 19.4 Å². The number of thioether (sulfide) groups is 1. The van der Waals surface area contributed by atoms with Crippen molar-refractivity contribution in [2.75, 3.05) is 18.2 Å². The Labute approximate surface area is 271 Å². The number of allylic oxidation sites excluding steroid dienone is 3. The molecule has 5 aromatic rings. The summed E-state index contributed by atoms with van der Waals surface area (Å²) < 4.78 is 14.9. The number of ether oxygens (including phenoxy) is 2. The van der Waals surface area contributed by atoms with Gasteiger partial charge in [0.2, 0.25) is 5.95 Å². The molecule has 0 saturated carbocycles. The Morgan fingerprint density at radius 1 is 1.16 bits per heavy atom. The molecule has 45 heavy (non-hydrogen) atoms. The summed E-state index contributed by atoms with van der Waals surface area (Å²) in [5.74, 6) is 2.29. The van der Waals surface area contributed by atoms with Gasteiger partial charge in [-0.05, 0) is 61.6 Å². The maximum Gasteiger partial charge on any atom is 0.227 e. The standard InChI is InChI=1S/C35H32N6O2S2/c1-5-6-10-25(3)43-29-14-7-11-26(19-29)32-30(21-36)34(44-4)45-33(32)31-15-16-37-35(40-31)39-27-12-8-13-28(20-27)42-18-9-17-41-22-24(2)38-23-41/h5-8,10-16,19-20,22-23H,1,3,9,17-18H2,2,4H3,(H,37,39,40)/b10-6-. The number of hydrogen-bond donors (Lipinski definition) is 1. The Morgan fingerprint density at radius 2 is 2.00 bits per heavy atom. The van der Waals surface area contributed by atoms with Crippen LogP contribution >= 0.6 is 23.1 Å². The molecule has 0 atom stereocenters. The molecule has 0 fully saturated rings. The Hall–Kier alpha value is -5.11. The van der Waals surface area contributed by atoms with Crippen LogP contribution in [0.15, 0.2) is 115 Å². The van der Waals surface area contributed by atoms with Crippen molar-refractivity contribution < 1.29 is 9.47 Å². The molecule has 2 aromatic carbocycles. The minimum atomic E-state index is 0.436. The molecular weight excluding hydrogens is 601 g/mol. The third kappa shape index (κ3) is 8.09. The molecule has 1 N–H and O–H groups in total. The van der Waals surface area contributed by atoms with Crippen LogP contribution < -0.4 is 14.8 Å². The summed E-state index contributed by atoms with van der Waals surface area (Å²) in [5, 5.41) is 13.5. The number of nitrogens with one attached hydrogen (secondary N) is 1. The quantitative estimate of drug-likeness (QED) is 0.0561. The zero-order valence-electron chi connectivity index (χ0n) is 25.1. The molecule has 0 unspecified atom stereocenters.